The number of aliphatic carboxylic acids is 1. The average molecular weight is 270 g/mol. The van der Waals surface area contributed by atoms with Gasteiger partial charge in [-0.15, -0.1) is 0 Å². The number of urea groups is 1. The van der Waals surface area contributed by atoms with E-state index in [1.165, 1.54) is 12.8 Å². The third-order valence-electron chi connectivity index (χ3n) is 3.64. The number of amides is 2. The van der Waals surface area contributed by atoms with Gasteiger partial charge < -0.3 is 15.3 Å². The standard InChI is InChI=1S/C14H26N2O3/c1-10(13(17)18)5-4-6-11(2)15-14(19)16(3)9-12-7-8-12/h10-12H,4-9H2,1-3H3,(H,15,19)(H,17,18). The molecule has 0 spiro atoms. The molecule has 0 bridgehead atoms. The van der Waals surface area contributed by atoms with Crippen molar-refractivity contribution >= 4 is 12.0 Å². The van der Waals surface area contributed by atoms with Crippen LogP contribution in [0, 0.1) is 11.8 Å². The van der Waals surface area contributed by atoms with Crippen LogP contribution in [0.15, 0.2) is 0 Å². The van der Waals surface area contributed by atoms with Gasteiger partial charge in [0.05, 0.1) is 5.92 Å². The molecule has 2 unspecified atom stereocenters. The Labute approximate surface area is 115 Å². The Kier molecular flexibility index (Phi) is 6.12. The average Bonchev–Trinajstić information content (AvgIpc) is 3.12. The van der Waals surface area contributed by atoms with E-state index in [1.807, 2.05) is 14.0 Å². The van der Waals surface area contributed by atoms with Crippen molar-refractivity contribution in [3.8, 4) is 0 Å². The summed E-state index contributed by atoms with van der Waals surface area (Å²) < 4.78 is 0. The third-order valence-corrected chi connectivity index (χ3v) is 3.64. The molecule has 5 heteroatoms. The Balaban J connectivity index is 2.13. The zero-order valence-electron chi connectivity index (χ0n) is 12.2. The van der Waals surface area contributed by atoms with Gasteiger partial charge in [0.25, 0.3) is 0 Å². The van der Waals surface area contributed by atoms with Crippen molar-refractivity contribution in [3.63, 3.8) is 0 Å². The van der Waals surface area contributed by atoms with Gasteiger partial charge in [0.1, 0.15) is 0 Å². The van der Waals surface area contributed by atoms with Crippen LogP contribution in [0.5, 0.6) is 0 Å². The van der Waals surface area contributed by atoms with Crippen LogP contribution in [0.1, 0.15) is 46.0 Å². The Morgan fingerprint density at radius 1 is 1.32 bits per heavy atom. The van der Waals surface area contributed by atoms with Gasteiger partial charge in [-0.1, -0.05) is 13.3 Å². The van der Waals surface area contributed by atoms with Crippen molar-refractivity contribution < 1.29 is 14.7 Å². The van der Waals surface area contributed by atoms with Crippen LogP contribution in [0.2, 0.25) is 0 Å². The predicted molar refractivity (Wildman–Crippen MR) is 74.0 cm³/mol. The van der Waals surface area contributed by atoms with Crippen molar-refractivity contribution in [2.45, 2.75) is 52.0 Å². The van der Waals surface area contributed by atoms with Crippen LogP contribution in [-0.2, 0) is 4.79 Å². The van der Waals surface area contributed by atoms with E-state index in [-0.39, 0.29) is 18.0 Å². The summed E-state index contributed by atoms with van der Waals surface area (Å²) in [6.07, 6.45) is 4.77. The number of rotatable bonds is 8. The fraction of sp³-hybridized carbons (Fsp3) is 0.857. The number of hydrogen-bond acceptors (Lipinski definition) is 2. The maximum Gasteiger partial charge on any atom is 0.317 e. The minimum atomic E-state index is -0.749. The molecule has 1 fully saturated rings. The molecule has 2 atom stereocenters. The second-order valence-electron chi connectivity index (χ2n) is 5.84. The van der Waals surface area contributed by atoms with Crippen LogP contribution >= 0.6 is 0 Å². The smallest absolute Gasteiger partial charge is 0.317 e. The number of carboxylic acid groups (broad SMARTS) is 1. The lowest BCUT2D eigenvalue weighted by Gasteiger charge is -2.21. The molecular weight excluding hydrogens is 244 g/mol. The molecule has 2 N–H and O–H groups in total. The summed E-state index contributed by atoms with van der Waals surface area (Å²) in [6, 6.07) is 0.0702. The van der Waals surface area contributed by atoms with Crippen LogP contribution < -0.4 is 5.32 Å². The molecule has 1 aliphatic rings. The molecule has 0 heterocycles. The third kappa shape index (κ3) is 6.45. The molecule has 1 rings (SSSR count). The molecule has 1 aliphatic carbocycles. The van der Waals surface area contributed by atoms with E-state index in [9.17, 15) is 9.59 Å². The highest BCUT2D eigenvalue weighted by molar-refractivity contribution is 5.74. The van der Waals surface area contributed by atoms with E-state index >= 15 is 0 Å². The number of carboxylic acids is 1. The lowest BCUT2D eigenvalue weighted by atomic mass is 10.0. The normalized spacial score (nSPS) is 17.6. The molecule has 19 heavy (non-hydrogen) atoms. The Morgan fingerprint density at radius 2 is 1.95 bits per heavy atom. The fourth-order valence-corrected chi connectivity index (χ4v) is 2.02. The first-order chi connectivity index (χ1) is 8.90. The summed E-state index contributed by atoms with van der Waals surface area (Å²) in [4.78, 5) is 24.3. The van der Waals surface area contributed by atoms with Crippen molar-refractivity contribution in [2.75, 3.05) is 13.6 Å². The van der Waals surface area contributed by atoms with Crippen molar-refractivity contribution in [1.82, 2.24) is 10.2 Å². The molecule has 110 valence electrons. The van der Waals surface area contributed by atoms with E-state index in [0.717, 1.165) is 19.4 Å². The lowest BCUT2D eigenvalue weighted by Crippen LogP contribution is -2.42. The number of nitrogens with zero attached hydrogens (tertiary/aromatic N) is 1. The van der Waals surface area contributed by atoms with Gasteiger partial charge in [-0.2, -0.15) is 0 Å². The molecule has 0 aromatic rings. The monoisotopic (exact) mass is 270 g/mol. The highest BCUT2D eigenvalue weighted by atomic mass is 16.4. The summed E-state index contributed by atoms with van der Waals surface area (Å²) in [5.74, 6) is -0.358. The Bertz CT molecular complexity index is 316. The molecular formula is C14H26N2O3. The summed E-state index contributed by atoms with van der Waals surface area (Å²) in [7, 11) is 1.83. The van der Waals surface area contributed by atoms with E-state index in [2.05, 4.69) is 5.32 Å². The second-order valence-corrected chi connectivity index (χ2v) is 5.84. The fourth-order valence-electron chi connectivity index (χ4n) is 2.02. The minimum Gasteiger partial charge on any atom is -0.481 e. The predicted octanol–water partition coefficient (Wildman–Crippen LogP) is 2.32. The number of hydrogen-bond donors (Lipinski definition) is 2. The first kappa shape index (κ1) is 15.8. The molecule has 2 amide bonds. The summed E-state index contributed by atoms with van der Waals surface area (Å²) in [6.45, 7) is 4.53. The molecule has 0 aliphatic heterocycles. The van der Waals surface area contributed by atoms with Crippen LogP contribution in [0.4, 0.5) is 4.79 Å². The van der Waals surface area contributed by atoms with Gasteiger partial charge in [0.15, 0.2) is 0 Å². The Morgan fingerprint density at radius 3 is 2.47 bits per heavy atom. The van der Waals surface area contributed by atoms with Gasteiger partial charge in [0.2, 0.25) is 0 Å². The summed E-state index contributed by atoms with van der Waals surface area (Å²) in [5.41, 5.74) is 0. The SMILES string of the molecule is CC(CCCC(C)C(=O)O)NC(=O)N(C)CC1CC1. The van der Waals surface area contributed by atoms with Crippen molar-refractivity contribution in [1.29, 1.82) is 0 Å². The zero-order valence-corrected chi connectivity index (χ0v) is 12.2. The molecule has 5 nitrogen and oxygen atoms in total. The minimum absolute atomic E-state index is 0.0225. The molecule has 0 aromatic heterocycles. The lowest BCUT2D eigenvalue weighted by molar-refractivity contribution is -0.141. The van der Waals surface area contributed by atoms with Gasteiger partial charge in [-0.25, -0.2) is 4.79 Å². The van der Waals surface area contributed by atoms with E-state index in [0.29, 0.717) is 12.3 Å². The highest BCUT2D eigenvalue weighted by Crippen LogP contribution is 2.29. The highest BCUT2D eigenvalue weighted by Gasteiger charge is 2.25. The molecule has 0 saturated heterocycles. The summed E-state index contributed by atoms with van der Waals surface area (Å²) in [5, 5.41) is 11.7. The maximum atomic E-state index is 11.8. The number of carbonyl (C=O) groups is 2. The zero-order chi connectivity index (χ0) is 14.4. The van der Waals surface area contributed by atoms with E-state index in [1.54, 1.807) is 11.8 Å². The van der Waals surface area contributed by atoms with Gasteiger partial charge in [-0.05, 0) is 38.5 Å². The van der Waals surface area contributed by atoms with Crippen molar-refractivity contribution in [3.05, 3.63) is 0 Å². The topological polar surface area (TPSA) is 69.6 Å². The van der Waals surface area contributed by atoms with Gasteiger partial charge in [0, 0.05) is 19.6 Å². The van der Waals surface area contributed by atoms with Crippen LogP contribution in [0.3, 0.4) is 0 Å². The molecule has 0 radical (unpaired) electrons. The van der Waals surface area contributed by atoms with Gasteiger partial charge in [-0.3, -0.25) is 4.79 Å². The largest absolute Gasteiger partial charge is 0.481 e. The molecule has 1 saturated carbocycles. The van der Waals surface area contributed by atoms with E-state index < -0.39 is 5.97 Å². The molecule has 0 aromatic carbocycles. The van der Waals surface area contributed by atoms with Crippen LogP contribution in [-0.4, -0.2) is 41.6 Å². The number of nitrogens with one attached hydrogen (secondary N) is 1. The number of carbonyl (C=O) groups excluding carboxylic acids is 1. The van der Waals surface area contributed by atoms with E-state index in [4.69, 9.17) is 5.11 Å². The van der Waals surface area contributed by atoms with Crippen LogP contribution in [0.25, 0.3) is 0 Å². The van der Waals surface area contributed by atoms with Gasteiger partial charge >= 0.3 is 12.0 Å². The Hall–Kier alpha value is -1.26. The maximum absolute atomic E-state index is 11.8. The van der Waals surface area contributed by atoms with Crippen molar-refractivity contribution in [2.24, 2.45) is 11.8 Å². The second kappa shape index (κ2) is 7.36. The first-order valence-electron chi connectivity index (χ1n) is 7.14. The summed E-state index contributed by atoms with van der Waals surface area (Å²) >= 11 is 0. The first-order valence-corrected chi connectivity index (χ1v) is 7.14. The quantitative estimate of drug-likeness (QED) is 0.711.